The van der Waals surface area contributed by atoms with Crippen LogP contribution < -0.4 is 0 Å². The van der Waals surface area contributed by atoms with E-state index in [1.165, 1.54) is 33.5 Å². The summed E-state index contributed by atoms with van der Waals surface area (Å²) in [6.45, 7) is 3.46. The normalized spacial score (nSPS) is 24.6. The Morgan fingerprint density at radius 1 is 1.00 bits per heavy atom. The second-order valence-corrected chi connectivity index (χ2v) is 9.41. The number of carbonyl (C=O) groups is 2. The molecule has 1 aromatic carbocycles. The van der Waals surface area contributed by atoms with Gasteiger partial charge in [-0.05, 0) is 43.0 Å². The topological polar surface area (TPSA) is 95.0 Å². The second-order valence-electron chi connectivity index (χ2n) is 7.47. The summed E-state index contributed by atoms with van der Waals surface area (Å²) in [6.07, 6.45) is 3.83. The predicted octanol–water partition coefficient (Wildman–Crippen LogP) is 2.04. The number of aliphatic carboxylic acids is 1. The maximum absolute atomic E-state index is 12.8. The Kier molecular flexibility index (Phi) is 5.86. The molecule has 8 heteroatoms. The second kappa shape index (κ2) is 7.98. The van der Waals surface area contributed by atoms with Crippen molar-refractivity contribution in [1.82, 2.24) is 9.21 Å². The molecule has 0 aliphatic carbocycles. The highest BCUT2D eigenvalue weighted by molar-refractivity contribution is 7.89. The fourth-order valence-corrected chi connectivity index (χ4v) is 5.35. The highest BCUT2D eigenvalue weighted by atomic mass is 32.2. The van der Waals surface area contributed by atoms with Gasteiger partial charge in [-0.15, -0.1) is 0 Å². The highest BCUT2D eigenvalue weighted by Gasteiger charge is 2.37. The summed E-state index contributed by atoms with van der Waals surface area (Å²) in [5.41, 5.74) is 0.378. The minimum Gasteiger partial charge on any atom is -0.481 e. The number of carbonyl (C=O) groups excluding carboxylic acids is 1. The van der Waals surface area contributed by atoms with Gasteiger partial charge in [0.25, 0.3) is 5.91 Å². The molecule has 0 saturated carbocycles. The summed E-state index contributed by atoms with van der Waals surface area (Å²) in [5.74, 6) is -1.81. The zero-order valence-corrected chi connectivity index (χ0v) is 16.3. The van der Waals surface area contributed by atoms with E-state index in [1.807, 2.05) is 6.92 Å². The van der Waals surface area contributed by atoms with Crippen LogP contribution in [0.15, 0.2) is 29.2 Å². The van der Waals surface area contributed by atoms with E-state index in [9.17, 15) is 23.1 Å². The van der Waals surface area contributed by atoms with Crippen LogP contribution >= 0.6 is 0 Å². The number of carboxylic acid groups (broad SMARTS) is 1. The standard InChI is InChI=1S/C19H26N2O5S/c1-14-12-20(13-17(14)19(23)24)18(22)15-6-8-16(9-7-15)27(25,26)21-10-4-2-3-5-11-21/h6-9,14,17H,2-5,10-13H2,1H3,(H,23,24)/t14-,17-/m1/s1. The lowest BCUT2D eigenvalue weighted by molar-refractivity contribution is -0.142. The van der Waals surface area contributed by atoms with Crippen LogP contribution in [0.4, 0.5) is 0 Å². The molecular formula is C19H26N2O5S. The van der Waals surface area contributed by atoms with Gasteiger partial charge in [0, 0.05) is 31.7 Å². The third kappa shape index (κ3) is 4.16. The first-order valence-electron chi connectivity index (χ1n) is 9.43. The van der Waals surface area contributed by atoms with Crippen LogP contribution in [0.1, 0.15) is 43.0 Å². The van der Waals surface area contributed by atoms with Crippen molar-refractivity contribution in [3.8, 4) is 0 Å². The first-order chi connectivity index (χ1) is 12.8. The lowest BCUT2D eigenvalue weighted by Gasteiger charge is -2.20. The maximum atomic E-state index is 12.8. The van der Waals surface area contributed by atoms with Gasteiger partial charge in [-0.1, -0.05) is 19.8 Å². The SMILES string of the molecule is C[C@@H]1CN(C(=O)c2ccc(S(=O)(=O)N3CCCCCC3)cc2)C[C@H]1C(=O)O. The van der Waals surface area contributed by atoms with Crippen LogP contribution in [-0.2, 0) is 14.8 Å². The molecule has 2 saturated heterocycles. The number of benzene rings is 1. The van der Waals surface area contributed by atoms with Crippen LogP contribution in [-0.4, -0.2) is 60.8 Å². The Balaban J connectivity index is 1.73. The number of rotatable bonds is 4. The van der Waals surface area contributed by atoms with E-state index in [0.717, 1.165) is 25.7 Å². The van der Waals surface area contributed by atoms with Gasteiger partial charge in [-0.25, -0.2) is 8.42 Å². The summed E-state index contributed by atoms with van der Waals surface area (Å²) in [7, 11) is -3.54. The molecule has 1 N–H and O–H groups in total. The van der Waals surface area contributed by atoms with Gasteiger partial charge in [-0.2, -0.15) is 4.31 Å². The summed E-state index contributed by atoms with van der Waals surface area (Å²) in [4.78, 5) is 25.6. The summed E-state index contributed by atoms with van der Waals surface area (Å²) >= 11 is 0. The Morgan fingerprint density at radius 2 is 1.59 bits per heavy atom. The molecular weight excluding hydrogens is 368 g/mol. The molecule has 3 rings (SSSR count). The minimum atomic E-state index is -3.54. The fourth-order valence-electron chi connectivity index (χ4n) is 3.84. The van der Waals surface area contributed by atoms with E-state index in [2.05, 4.69) is 0 Å². The number of sulfonamides is 1. The largest absolute Gasteiger partial charge is 0.481 e. The molecule has 1 aromatic rings. The highest BCUT2D eigenvalue weighted by Crippen LogP contribution is 2.26. The Labute approximate surface area is 160 Å². The summed E-state index contributed by atoms with van der Waals surface area (Å²) in [6, 6.07) is 5.99. The van der Waals surface area contributed by atoms with E-state index < -0.39 is 21.9 Å². The van der Waals surface area contributed by atoms with Crippen molar-refractivity contribution < 1.29 is 23.1 Å². The Morgan fingerprint density at radius 3 is 2.11 bits per heavy atom. The quantitative estimate of drug-likeness (QED) is 0.843. The molecule has 0 spiro atoms. The average Bonchev–Trinajstić information content (AvgIpc) is 2.85. The first-order valence-corrected chi connectivity index (χ1v) is 10.9. The molecule has 0 aromatic heterocycles. The van der Waals surface area contributed by atoms with E-state index >= 15 is 0 Å². The molecule has 0 radical (unpaired) electrons. The monoisotopic (exact) mass is 394 g/mol. The molecule has 2 aliphatic rings. The average molecular weight is 394 g/mol. The maximum Gasteiger partial charge on any atom is 0.308 e. The third-order valence-electron chi connectivity index (χ3n) is 5.52. The van der Waals surface area contributed by atoms with Crippen LogP contribution in [0, 0.1) is 11.8 Å². The molecule has 148 valence electrons. The number of carboxylic acids is 1. The van der Waals surface area contributed by atoms with Gasteiger partial charge in [-0.3, -0.25) is 9.59 Å². The van der Waals surface area contributed by atoms with Crippen LogP contribution in [0.25, 0.3) is 0 Å². The van der Waals surface area contributed by atoms with E-state index in [1.54, 1.807) is 0 Å². The lowest BCUT2D eigenvalue weighted by Crippen LogP contribution is -2.32. The van der Waals surface area contributed by atoms with E-state index in [4.69, 9.17) is 0 Å². The van der Waals surface area contributed by atoms with Crippen molar-refractivity contribution in [2.24, 2.45) is 11.8 Å². The Hall–Kier alpha value is -1.93. The van der Waals surface area contributed by atoms with Gasteiger partial charge < -0.3 is 10.0 Å². The van der Waals surface area contributed by atoms with Crippen molar-refractivity contribution >= 4 is 21.9 Å². The Bertz CT molecular complexity index is 798. The lowest BCUT2D eigenvalue weighted by atomic mass is 9.99. The molecule has 7 nitrogen and oxygen atoms in total. The van der Waals surface area contributed by atoms with Crippen molar-refractivity contribution in [3.63, 3.8) is 0 Å². The zero-order chi connectivity index (χ0) is 19.6. The zero-order valence-electron chi connectivity index (χ0n) is 15.5. The van der Waals surface area contributed by atoms with Gasteiger partial charge in [0.2, 0.25) is 10.0 Å². The van der Waals surface area contributed by atoms with E-state index in [0.29, 0.717) is 25.2 Å². The third-order valence-corrected chi connectivity index (χ3v) is 7.43. The molecule has 2 heterocycles. The summed E-state index contributed by atoms with van der Waals surface area (Å²) < 4.78 is 27.1. The molecule has 1 amide bonds. The molecule has 0 bridgehead atoms. The van der Waals surface area contributed by atoms with Gasteiger partial charge in [0.1, 0.15) is 0 Å². The molecule has 2 aliphatic heterocycles. The molecule has 27 heavy (non-hydrogen) atoms. The summed E-state index contributed by atoms with van der Waals surface area (Å²) in [5, 5.41) is 9.21. The molecule has 0 unspecified atom stereocenters. The van der Waals surface area contributed by atoms with Crippen LogP contribution in [0.5, 0.6) is 0 Å². The minimum absolute atomic E-state index is 0.103. The van der Waals surface area contributed by atoms with Crippen molar-refractivity contribution in [1.29, 1.82) is 0 Å². The number of amides is 1. The number of likely N-dealkylation sites (tertiary alicyclic amines) is 1. The number of hydrogen-bond donors (Lipinski definition) is 1. The van der Waals surface area contributed by atoms with Crippen LogP contribution in [0.2, 0.25) is 0 Å². The molecule has 2 fully saturated rings. The van der Waals surface area contributed by atoms with Gasteiger partial charge >= 0.3 is 5.97 Å². The van der Waals surface area contributed by atoms with Crippen molar-refractivity contribution in [2.45, 2.75) is 37.5 Å². The fraction of sp³-hybridized carbons (Fsp3) is 0.579. The first kappa shape index (κ1) is 19.8. The van der Waals surface area contributed by atoms with Crippen molar-refractivity contribution in [2.75, 3.05) is 26.2 Å². The number of hydrogen-bond acceptors (Lipinski definition) is 4. The number of nitrogens with zero attached hydrogens (tertiary/aromatic N) is 2. The van der Waals surface area contributed by atoms with Crippen molar-refractivity contribution in [3.05, 3.63) is 29.8 Å². The smallest absolute Gasteiger partial charge is 0.308 e. The van der Waals surface area contributed by atoms with Gasteiger partial charge in [0.05, 0.1) is 10.8 Å². The predicted molar refractivity (Wildman–Crippen MR) is 99.9 cm³/mol. The van der Waals surface area contributed by atoms with E-state index in [-0.39, 0.29) is 23.3 Å². The van der Waals surface area contributed by atoms with Gasteiger partial charge in [0.15, 0.2) is 0 Å². The molecule has 2 atom stereocenters. The van der Waals surface area contributed by atoms with Crippen LogP contribution in [0.3, 0.4) is 0 Å².